The second kappa shape index (κ2) is 9.32. The smallest absolute Gasteiger partial charge is 0.274 e. The Labute approximate surface area is 159 Å². The van der Waals surface area contributed by atoms with Crippen LogP contribution in [0.25, 0.3) is 5.69 Å². The lowest BCUT2D eigenvalue weighted by Crippen LogP contribution is -2.43. The van der Waals surface area contributed by atoms with Gasteiger partial charge < -0.3 is 15.0 Å². The second-order valence-corrected chi connectivity index (χ2v) is 6.68. The van der Waals surface area contributed by atoms with Crippen LogP contribution in [-0.4, -0.2) is 59.8 Å². The molecule has 0 saturated carbocycles. The second-order valence-electron chi connectivity index (χ2n) is 6.68. The Kier molecular flexibility index (Phi) is 6.59. The van der Waals surface area contributed by atoms with Crippen molar-refractivity contribution in [3.8, 4) is 5.69 Å². The Morgan fingerprint density at radius 3 is 2.63 bits per heavy atom. The Morgan fingerprint density at radius 1 is 1.19 bits per heavy atom. The largest absolute Gasteiger partial charge is 0.385 e. The summed E-state index contributed by atoms with van der Waals surface area (Å²) in [5.74, 6) is -0.0336. The zero-order valence-corrected chi connectivity index (χ0v) is 15.6. The molecular formula is C20H26N4O3. The van der Waals surface area contributed by atoms with Crippen LogP contribution in [0.3, 0.4) is 0 Å². The van der Waals surface area contributed by atoms with E-state index in [-0.39, 0.29) is 17.7 Å². The number of hydrogen-bond donors (Lipinski definition) is 1. The molecule has 0 aliphatic carbocycles. The van der Waals surface area contributed by atoms with Crippen LogP contribution in [0, 0.1) is 5.92 Å². The van der Waals surface area contributed by atoms with Gasteiger partial charge in [0.05, 0.1) is 5.69 Å². The molecule has 1 fully saturated rings. The summed E-state index contributed by atoms with van der Waals surface area (Å²) in [5, 5.41) is 7.35. The number of likely N-dealkylation sites (tertiary alicyclic amines) is 1. The number of carbonyl (C=O) groups excluding carboxylic acids is 2. The third-order valence-electron chi connectivity index (χ3n) is 4.81. The number of para-hydroxylation sites is 1. The molecule has 0 bridgehead atoms. The van der Waals surface area contributed by atoms with Gasteiger partial charge in [0.15, 0.2) is 5.69 Å². The summed E-state index contributed by atoms with van der Waals surface area (Å²) >= 11 is 0. The summed E-state index contributed by atoms with van der Waals surface area (Å²) in [6, 6.07) is 11.4. The van der Waals surface area contributed by atoms with Gasteiger partial charge in [0.1, 0.15) is 0 Å². The van der Waals surface area contributed by atoms with Gasteiger partial charge in [-0.3, -0.25) is 9.59 Å². The van der Waals surface area contributed by atoms with Crippen molar-refractivity contribution in [2.45, 2.75) is 19.3 Å². The summed E-state index contributed by atoms with van der Waals surface area (Å²) in [6.07, 6.45) is 3.97. The molecule has 0 unspecified atom stereocenters. The molecule has 2 aromatic rings. The molecule has 1 aromatic heterocycles. The number of ether oxygens (including phenoxy) is 1. The summed E-state index contributed by atoms with van der Waals surface area (Å²) < 4.78 is 6.68. The van der Waals surface area contributed by atoms with Gasteiger partial charge in [-0.1, -0.05) is 18.2 Å². The van der Waals surface area contributed by atoms with Crippen molar-refractivity contribution in [2.24, 2.45) is 5.92 Å². The number of carbonyl (C=O) groups is 2. The summed E-state index contributed by atoms with van der Waals surface area (Å²) in [7, 11) is 1.65. The van der Waals surface area contributed by atoms with E-state index >= 15 is 0 Å². The molecule has 1 N–H and O–H groups in total. The SMILES string of the molecule is COCCCNC(=O)C1CCN(C(=O)c2ccn(-c3ccccc3)n2)CC1. The molecule has 3 rings (SSSR count). The fourth-order valence-corrected chi connectivity index (χ4v) is 3.24. The minimum atomic E-state index is -0.0800. The monoisotopic (exact) mass is 370 g/mol. The highest BCUT2D eigenvalue weighted by Gasteiger charge is 2.28. The molecule has 7 heteroatoms. The Hall–Kier alpha value is -2.67. The number of hydrogen-bond acceptors (Lipinski definition) is 4. The number of aromatic nitrogens is 2. The summed E-state index contributed by atoms with van der Waals surface area (Å²) in [4.78, 5) is 26.7. The van der Waals surface area contributed by atoms with Gasteiger partial charge in [-0.25, -0.2) is 4.68 Å². The first-order chi connectivity index (χ1) is 13.2. The molecule has 27 heavy (non-hydrogen) atoms. The van der Waals surface area contributed by atoms with E-state index in [4.69, 9.17) is 4.74 Å². The number of benzene rings is 1. The molecule has 7 nitrogen and oxygen atoms in total. The van der Waals surface area contributed by atoms with Crippen LogP contribution < -0.4 is 5.32 Å². The van der Waals surface area contributed by atoms with Crippen LogP contribution in [0.2, 0.25) is 0 Å². The molecule has 0 spiro atoms. The van der Waals surface area contributed by atoms with Gasteiger partial charge in [-0.2, -0.15) is 5.10 Å². The van der Waals surface area contributed by atoms with Crippen molar-refractivity contribution in [3.63, 3.8) is 0 Å². The molecule has 2 amide bonds. The van der Waals surface area contributed by atoms with Gasteiger partial charge >= 0.3 is 0 Å². The summed E-state index contributed by atoms with van der Waals surface area (Å²) in [6.45, 7) is 2.42. The van der Waals surface area contributed by atoms with E-state index < -0.39 is 0 Å². The Bertz CT molecular complexity index is 752. The number of amides is 2. The lowest BCUT2D eigenvalue weighted by molar-refractivity contribution is -0.126. The number of piperidine rings is 1. The molecule has 1 aromatic carbocycles. The molecular weight excluding hydrogens is 344 g/mol. The predicted octanol–water partition coefficient (Wildman–Crippen LogP) is 1.88. The van der Waals surface area contributed by atoms with Gasteiger partial charge in [0, 0.05) is 45.5 Å². The van der Waals surface area contributed by atoms with Crippen LogP contribution in [0.15, 0.2) is 42.6 Å². The third-order valence-corrected chi connectivity index (χ3v) is 4.81. The van der Waals surface area contributed by atoms with Crippen LogP contribution in [-0.2, 0) is 9.53 Å². The average Bonchev–Trinajstić information content (AvgIpc) is 3.21. The molecule has 1 saturated heterocycles. The number of methoxy groups -OCH3 is 1. The Morgan fingerprint density at radius 2 is 1.93 bits per heavy atom. The van der Waals surface area contributed by atoms with E-state index in [1.807, 2.05) is 30.3 Å². The highest BCUT2D eigenvalue weighted by atomic mass is 16.5. The quantitative estimate of drug-likeness (QED) is 0.755. The maximum atomic E-state index is 12.7. The highest BCUT2D eigenvalue weighted by molar-refractivity contribution is 5.92. The van der Waals surface area contributed by atoms with Crippen molar-refractivity contribution in [1.29, 1.82) is 0 Å². The van der Waals surface area contributed by atoms with Crippen LogP contribution in [0.1, 0.15) is 29.8 Å². The maximum absolute atomic E-state index is 12.7. The van der Waals surface area contributed by atoms with Crippen LogP contribution in [0.4, 0.5) is 0 Å². The van der Waals surface area contributed by atoms with E-state index in [0.29, 0.717) is 44.8 Å². The van der Waals surface area contributed by atoms with E-state index in [2.05, 4.69) is 10.4 Å². The van der Waals surface area contributed by atoms with Gasteiger partial charge in [-0.15, -0.1) is 0 Å². The van der Waals surface area contributed by atoms with Crippen LogP contribution >= 0.6 is 0 Å². The van der Waals surface area contributed by atoms with E-state index in [0.717, 1.165) is 12.1 Å². The minimum absolute atomic E-state index is 0.0292. The molecule has 2 heterocycles. The van der Waals surface area contributed by atoms with E-state index in [9.17, 15) is 9.59 Å². The first kappa shape index (κ1) is 19.1. The predicted molar refractivity (Wildman–Crippen MR) is 102 cm³/mol. The summed E-state index contributed by atoms with van der Waals surface area (Å²) in [5.41, 5.74) is 1.35. The molecule has 144 valence electrons. The van der Waals surface area contributed by atoms with Gasteiger partial charge in [-0.05, 0) is 37.5 Å². The van der Waals surface area contributed by atoms with Crippen molar-refractivity contribution in [1.82, 2.24) is 20.0 Å². The van der Waals surface area contributed by atoms with Crippen LogP contribution in [0.5, 0.6) is 0 Å². The standard InChI is InChI=1S/C20H26N4O3/c1-27-15-5-11-21-19(25)16-8-12-23(13-9-16)20(26)18-10-14-24(22-18)17-6-3-2-4-7-17/h2-4,6-7,10,14,16H,5,8-9,11-13,15H2,1H3,(H,21,25). The highest BCUT2D eigenvalue weighted by Crippen LogP contribution is 2.19. The van der Waals surface area contributed by atoms with Gasteiger partial charge in [0.25, 0.3) is 5.91 Å². The van der Waals surface area contributed by atoms with Gasteiger partial charge in [0.2, 0.25) is 5.91 Å². The normalized spacial score (nSPS) is 14.9. The lowest BCUT2D eigenvalue weighted by atomic mass is 9.95. The number of nitrogens with one attached hydrogen (secondary N) is 1. The van der Waals surface area contributed by atoms with E-state index in [1.54, 1.807) is 29.0 Å². The van der Waals surface area contributed by atoms with Crippen molar-refractivity contribution in [3.05, 3.63) is 48.3 Å². The average molecular weight is 370 g/mol. The van der Waals surface area contributed by atoms with Crippen molar-refractivity contribution >= 4 is 11.8 Å². The lowest BCUT2D eigenvalue weighted by Gasteiger charge is -2.30. The molecule has 0 radical (unpaired) electrons. The van der Waals surface area contributed by atoms with E-state index in [1.165, 1.54) is 0 Å². The number of nitrogens with zero attached hydrogens (tertiary/aromatic N) is 3. The fourth-order valence-electron chi connectivity index (χ4n) is 3.24. The van der Waals surface area contributed by atoms with Crippen molar-refractivity contribution < 1.29 is 14.3 Å². The number of rotatable bonds is 7. The Balaban J connectivity index is 1.50. The molecule has 1 aliphatic rings. The third kappa shape index (κ3) is 4.95. The first-order valence-corrected chi connectivity index (χ1v) is 9.36. The first-order valence-electron chi connectivity index (χ1n) is 9.36. The van der Waals surface area contributed by atoms with Crippen molar-refractivity contribution in [2.75, 3.05) is 33.4 Å². The fraction of sp³-hybridized carbons (Fsp3) is 0.450. The molecule has 1 aliphatic heterocycles. The minimum Gasteiger partial charge on any atom is -0.385 e. The molecule has 0 atom stereocenters. The topological polar surface area (TPSA) is 76.5 Å². The zero-order chi connectivity index (χ0) is 19.1. The maximum Gasteiger partial charge on any atom is 0.274 e. The zero-order valence-electron chi connectivity index (χ0n) is 15.6.